The van der Waals surface area contributed by atoms with Crippen LogP contribution in [0.2, 0.25) is 5.02 Å². The number of halogens is 1. The number of hydrogen-bond donors (Lipinski definition) is 1. The van der Waals surface area contributed by atoms with Gasteiger partial charge in [-0.25, -0.2) is 0 Å². The van der Waals surface area contributed by atoms with Crippen molar-refractivity contribution in [3.63, 3.8) is 0 Å². The molecule has 70 valence electrons. The van der Waals surface area contributed by atoms with Gasteiger partial charge in [0.1, 0.15) is 5.75 Å². The summed E-state index contributed by atoms with van der Waals surface area (Å²) in [5.41, 5.74) is 0.865. The van der Waals surface area contributed by atoms with Crippen molar-refractivity contribution in [2.75, 3.05) is 13.7 Å². The van der Waals surface area contributed by atoms with Crippen molar-refractivity contribution >= 4 is 17.7 Å². The molecule has 3 heteroatoms. The van der Waals surface area contributed by atoms with Crippen LogP contribution in [0.1, 0.15) is 5.56 Å². The van der Waals surface area contributed by atoms with Crippen LogP contribution in [0.5, 0.6) is 5.75 Å². The smallest absolute Gasteiger partial charge is 0.144 e. The summed E-state index contributed by atoms with van der Waals surface area (Å²) in [6.07, 6.45) is 3.40. The second-order valence-corrected chi connectivity index (χ2v) is 2.85. The standard InChI is InChI=1S/C10H11ClO2/c1-13-10-8(5-3-7-12)4-2-6-9(10)11/h2-6,12H,7H2,1H3/b5-3+. The fourth-order valence-corrected chi connectivity index (χ4v) is 1.31. The van der Waals surface area contributed by atoms with Crippen molar-refractivity contribution in [1.29, 1.82) is 0 Å². The Balaban J connectivity index is 3.05. The van der Waals surface area contributed by atoms with Crippen LogP contribution in [0.25, 0.3) is 6.08 Å². The molecule has 0 heterocycles. The Bertz CT molecular complexity index is 308. The fraction of sp³-hybridized carbons (Fsp3) is 0.200. The molecule has 0 saturated heterocycles. The zero-order valence-corrected chi connectivity index (χ0v) is 8.08. The van der Waals surface area contributed by atoms with Gasteiger partial charge < -0.3 is 9.84 Å². The third-order valence-electron chi connectivity index (χ3n) is 1.60. The summed E-state index contributed by atoms with van der Waals surface area (Å²) >= 11 is 5.89. The largest absolute Gasteiger partial charge is 0.495 e. The van der Waals surface area contributed by atoms with E-state index in [0.29, 0.717) is 10.8 Å². The second kappa shape index (κ2) is 4.90. The zero-order chi connectivity index (χ0) is 9.68. The Morgan fingerprint density at radius 2 is 2.31 bits per heavy atom. The van der Waals surface area contributed by atoms with Crippen LogP contribution in [-0.4, -0.2) is 18.8 Å². The molecule has 0 spiro atoms. The molecular weight excluding hydrogens is 188 g/mol. The SMILES string of the molecule is COc1c(Cl)cccc1/C=C/CO. The molecule has 0 atom stereocenters. The lowest BCUT2D eigenvalue weighted by atomic mass is 10.2. The van der Waals surface area contributed by atoms with Gasteiger partial charge in [0, 0.05) is 5.56 Å². The number of aliphatic hydroxyl groups is 1. The number of rotatable bonds is 3. The molecule has 0 bridgehead atoms. The highest BCUT2D eigenvalue weighted by atomic mass is 35.5. The van der Waals surface area contributed by atoms with Crippen LogP contribution >= 0.6 is 11.6 Å². The summed E-state index contributed by atoms with van der Waals surface area (Å²) < 4.78 is 5.11. The van der Waals surface area contributed by atoms with Gasteiger partial charge in [-0.05, 0) is 6.07 Å². The summed E-state index contributed by atoms with van der Waals surface area (Å²) in [6, 6.07) is 5.47. The fourth-order valence-electron chi connectivity index (χ4n) is 1.05. The third-order valence-corrected chi connectivity index (χ3v) is 1.90. The zero-order valence-electron chi connectivity index (χ0n) is 7.33. The molecule has 13 heavy (non-hydrogen) atoms. The predicted molar refractivity (Wildman–Crippen MR) is 54.1 cm³/mol. The second-order valence-electron chi connectivity index (χ2n) is 2.45. The molecular formula is C10H11ClO2. The van der Waals surface area contributed by atoms with Gasteiger partial charge >= 0.3 is 0 Å². The molecule has 1 aromatic carbocycles. The average molecular weight is 199 g/mol. The lowest BCUT2D eigenvalue weighted by Gasteiger charge is -2.05. The van der Waals surface area contributed by atoms with E-state index in [0.717, 1.165) is 5.56 Å². The van der Waals surface area contributed by atoms with Crippen LogP contribution in [-0.2, 0) is 0 Å². The molecule has 0 fully saturated rings. The van der Waals surface area contributed by atoms with Gasteiger partial charge in [0.05, 0.1) is 18.7 Å². The molecule has 1 rings (SSSR count). The highest BCUT2D eigenvalue weighted by Crippen LogP contribution is 2.28. The first kappa shape index (κ1) is 10.1. The lowest BCUT2D eigenvalue weighted by molar-refractivity contribution is 0.343. The summed E-state index contributed by atoms with van der Waals surface area (Å²) in [4.78, 5) is 0. The van der Waals surface area contributed by atoms with E-state index < -0.39 is 0 Å². The summed E-state index contributed by atoms with van der Waals surface area (Å²) in [5, 5.41) is 9.17. The van der Waals surface area contributed by atoms with Crippen LogP contribution in [0.4, 0.5) is 0 Å². The first-order valence-corrected chi connectivity index (χ1v) is 4.27. The molecule has 2 nitrogen and oxygen atoms in total. The number of hydrogen-bond acceptors (Lipinski definition) is 2. The van der Waals surface area contributed by atoms with Crippen molar-refractivity contribution in [3.8, 4) is 5.75 Å². The van der Waals surface area contributed by atoms with Crippen molar-refractivity contribution in [2.45, 2.75) is 0 Å². The van der Waals surface area contributed by atoms with Gasteiger partial charge in [-0.3, -0.25) is 0 Å². The van der Waals surface area contributed by atoms with E-state index in [1.165, 1.54) is 0 Å². The molecule has 0 amide bonds. The number of aliphatic hydroxyl groups excluding tert-OH is 1. The minimum Gasteiger partial charge on any atom is -0.495 e. The number of benzene rings is 1. The van der Waals surface area contributed by atoms with E-state index in [-0.39, 0.29) is 6.61 Å². The topological polar surface area (TPSA) is 29.5 Å². The van der Waals surface area contributed by atoms with E-state index in [2.05, 4.69) is 0 Å². The number of ether oxygens (including phenoxy) is 1. The minimum atomic E-state index is 0.00959. The van der Waals surface area contributed by atoms with Gasteiger partial charge in [0.15, 0.2) is 0 Å². The van der Waals surface area contributed by atoms with Crippen LogP contribution in [0, 0.1) is 0 Å². The van der Waals surface area contributed by atoms with Gasteiger partial charge in [-0.2, -0.15) is 0 Å². The van der Waals surface area contributed by atoms with Gasteiger partial charge in [0.25, 0.3) is 0 Å². The molecule has 0 aliphatic heterocycles. The first-order chi connectivity index (χ1) is 6.29. The average Bonchev–Trinajstić information content (AvgIpc) is 2.15. The number of para-hydroxylation sites is 1. The van der Waals surface area contributed by atoms with E-state index in [1.54, 1.807) is 25.3 Å². The molecule has 0 aliphatic carbocycles. The highest BCUT2D eigenvalue weighted by Gasteiger charge is 2.03. The Hall–Kier alpha value is -0.990. The first-order valence-electron chi connectivity index (χ1n) is 3.89. The molecule has 0 aromatic heterocycles. The lowest BCUT2D eigenvalue weighted by Crippen LogP contribution is -1.87. The summed E-state index contributed by atoms with van der Waals surface area (Å²) in [5.74, 6) is 0.633. The van der Waals surface area contributed by atoms with E-state index in [9.17, 15) is 0 Å². The molecule has 0 unspecified atom stereocenters. The van der Waals surface area contributed by atoms with Gasteiger partial charge in [0.2, 0.25) is 0 Å². The molecule has 0 radical (unpaired) electrons. The van der Waals surface area contributed by atoms with Crippen LogP contribution < -0.4 is 4.74 Å². The monoisotopic (exact) mass is 198 g/mol. The summed E-state index contributed by atoms with van der Waals surface area (Å²) in [6.45, 7) is 0.00959. The Labute approximate surface area is 82.4 Å². The highest BCUT2D eigenvalue weighted by molar-refractivity contribution is 6.32. The van der Waals surface area contributed by atoms with Crippen LogP contribution in [0.3, 0.4) is 0 Å². The Morgan fingerprint density at radius 1 is 1.54 bits per heavy atom. The Kier molecular flexibility index (Phi) is 3.80. The quantitative estimate of drug-likeness (QED) is 0.808. The molecule has 1 aromatic rings. The predicted octanol–water partition coefficient (Wildman–Crippen LogP) is 2.35. The van der Waals surface area contributed by atoms with Crippen LogP contribution in [0.15, 0.2) is 24.3 Å². The maximum absolute atomic E-state index is 8.60. The molecule has 0 aliphatic rings. The Morgan fingerprint density at radius 3 is 2.92 bits per heavy atom. The normalized spacial score (nSPS) is 10.7. The van der Waals surface area contributed by atoms with E-state index >= 15 is 0 Å². The summed E-state index contributed by atoms with van der Waals surface area (Å²) in [7, 11) is 1.57. The van der Waals surface area contributed by atoms with Gasteiger partial charge in [-0.15, -0.1) is 0 Å². The van der Waals surface area contributed by atoms with Crippen molar-refractivity contribution in [2.24, 2.45) is 0 Å². The van der Waals surface area contributed by atoms with Crippen molar-refractivity contribution < 1.29 is 9.84 Å². The van der Waals surface area contributed by atoms with E-state index in [1.807, 2.05) is 12.1 Å². The van der Waals surface area contributed by atoms with Gasteiger partial charge in [-0.1, -0.05) is 35.9 Å². The maximum atomic E-state index is 8.60. The minimum absolute atomic E-state index is 0.00959. The van der Waals surface area contributed by atoms with Crippen molar-refractivity contribution in [3.05, 3.63) is 34.9 Å². The number of methoxy groups -OCH3 is 1. The van der Waals surface area contributed by atoms with Crippen molar-refractivity contribution in [1.82, 2.24) is 0 Å². The molecule has 1 N–H and O–H groups in total. The maximum Gasteiger partial charge on any atom is 0.144 e. The third kappa shape index (κ3) is 2.47. The van der Waals surface area contributed by atoms with E-state index in [4.69, 9.17) is 21.4 Å². The molecule has 0 saturated carbocycles.